The highest BCUT2D eigenvalue weighted by Gasteiger charge is 2.49. The molecule has 3 rings (SSSR count). The molecule has 44 heavy (non-hydrogen) atoms. The molecule has 2 N–H and O–H groups in total. The van der Waals surface area contributed by atoms with Crippen LogP contribution in [0.3, 0.4) is 0 Å². The number of ether oxygens (including phenoxy) is 1. The molecule has 1 fully saturated rings. The van der Waals surface area contributed by atoms with Crippen molar-refractivity contribution in [3.05, 3.63) is 54.1 Å². The quantitative estimate of drug-likeness (QED) is 0.204. The van der Waals surface area contributed by atoms with Gasteiger partial charge in [-0.1, -0.05) is 0 Å². The molecule has 0 spiro atoms. The minimum Gasteiger partial charge on any atom is -0.457 e. The van der Waals surface area contributed by atoms with Gasteiger partial charge in [0.05, 0.1) is 24.1 Å². The Morgan fingerprint density at radius 1 is 1.05 bits per heavy atom. The fraction of sp³-hybridized carbons (Fsp3) is 0.464. The van der Waals surface area contributed by atoms with E-state index in [1.807, 2.05) is 0 Å². The summed E-state index contributed by atoms with van der Waals surface area (Å²) in [6.45, 7) is 6.15. The third kappa shape index (κ3) is 7.60. The molecule has 0 aromatic heterocycles. The molecule has 2 aromatic rings. The monoisotopic (exact) mass is 643 g/mol. The molecule has 2 aromatic carbocycles. The lowest BCUT2D eigenvalue weighted by atomic mass is 10.1. The van der Waals surface area contributed by atoms with Crippen LogP contribution in [0, 0.1) is 0 Å². The normalized spacial score (nSPS) is 16.1. The number of likely N-dealkylation sites (N-methyl/N-ethyl adjacent to an activating group) is 1. The Bertz CT molecular complexity index is 1470. The number of hydrogen-bond acceptors (Lipinski definition) is 8. The Morgan fingerprint density at radius 3 is 1.98 bits per heavy atom. The first kappa shape index (κ1) is 34.6. The second-order valence-corrected chi connectivity index (χ2v) is 13.0. The first-order valence-corrected chi connectivity index (χ1v) is 15.4. The van der Waals surface area contributed by atoms with E-state index in [1.54, 1.807) is 38.1 Å². The molecule has 242 valence electrons. The van der Waals surface area contributed by atoms with Crippen molar-refractivity contribution in [2.24, 2.45) is 0 Å². The zero-order valence-electron chi connectivity index (χ0n) is 25.1. The van der Waals surface area contributed by atoms with Gasteiger partial charge in [0.25, 0.3) is 11.8 Å². The predicted molar refractivity (Wildman–Crippen MR) is 155 cm³/mol. The predicted octanol–water partition coefficient (Wildman–Crippen LogP) is 3.52. The molecule has 4 amide bonds. The number of alkyl halides is 3. The molecule has 1 atom stereocenters. The highest BCUT2D eigenvalue weighted by Crippen LogP contribution is 2.32. The summed E-state index contributed by atoms with van der Waals surface area (Å²) in [5.74, 6) is -0.995. The Labute approximate surface area is 254 Å². The lowest BCUT2D eigenvalue weighted by molar-refractivity contribution is -0.138. The van der Waals surface area contributed by atoms with Crippen LogP contribution < -0.4 is 14.5 Å². The minimum absolute atomic E-state index is 0.00530. The van der Waals surface area contributed by atoms with Crippen LogP contribution in [0.2, 0.25) is 0 Å². The van der Waals surface area contributed by atoms with Gasteiger partial charge >= 0.3 is 12.2 Å². The van der Waals surface area contributed by atoms with Gasteiger partial charge in [0.2, 0.25) is 10.0 Å². The fourth-order valence-electron chi connectivity index (χ4n) is 4.70. The Balaban J connectivity index is 1.84. The van der Waals surface area contributed by atoms with E-state index in [0.29, 0.717) is 0 Å². The molecule has 0 radical (unpaired) electrons. The van der Waals surface area contributed by atoms with Crippen molar-refractivity contribution in [3.8, 4) is 11.5 Å². The van der Waals surface area contributed by atoms with Gasteiger partial charge < -0.3 is 9.64 Å². The highest BCUT2D eigenvalue weighted by molar-refractivity contribution is 7.92. The molecule has 12 nitrogen and oxygen atoms in total. The maximum Gasteiger partial charge on any atom is 0.416 e. The third-order valence-corrected chi connectivity index (χ3v) is 8.62. The summed E-state index contributed by atoms with van der Waals surface area (Å²) in [7, 11) is -2.50. The van der Waals surface area contributed by atoms with E-state index in [9.17, 15) is 41.2 Å². The first-order chi connectivity index (χ1) is 20.3. The zero-order valence-corrected chi connectivity index (χ0v) is 25.9. The molecule has 1 aliphatic rings. The average molecular weight is 644 g/mol. The Hall–Kier alpha value is -3.89. The van der Waals surface area contributed by atoms with Crippen LogP contribution in [0.15, 0.2) is 48.5 Å². The van der Waals surface area contributed by atoms with Crippen molar-refractivity contribution >= 4 is 33.6 Å². The van der Waals surface area contributed by atoms with Gasteiger partial charge in [-0.3, -0.25) is 28.9 Å². The lowest BCUT2D eigenvalue weighted by Crippen LogP contribution is -2.57. The number of imide groups is 1. The van der Waals surface area contributed by atoms with Crippen molar-refractivity contribution in [1.29, 1.82) is 0 Å². The van der Waals surface area contributed by atoms with Crippen molar-refractivity contribution in [1.82, 2.24) is 20.2 Å². The number of hydroxylamine groups is 1. The van der Waals surface area contributed by atoms with Gasteiger partial charge in [0.15, 0.2) is 0 Å². The van der Waals surface area contributed by atoms with Crippen LogP contribution >= 0.6 is 0 Å². The molecule has 0 unspecified atom stereocenters. The number of amides is 4. The van der Waals surface area contributed by atoms with Crippen LogP contribution in [-0.2, 0) is 25.8 Å². The van der Waals surface area contributed by atoms with E-state index in [2.05, 4.69) is 0 Å². The minimum atomic E-state index is -4.50. The maximum atomic E-state index is 12.9. The van der Waals surface area contributed by atoms with Crippen molar-refractivity contribution in [2.45, 2.75) is 51.5 Å². The number of urea groups is 1. The molecule has 0 bridgehead atoms. The van der Waals surface area contributed by atoms with Crippen molar-refractivity contribution in [3.63, 3.8) is 0 Å². The number of carbonyl (C=O) groups is 3. The molecular formula is C28H36F3N5O7S. The highest BCUT2D eigenvalue weighted by atomic mass is 32.2. The maximum absolute atomic E-state index is 12.9. The van der Waals surface area contributed by atoms with Crippen molar-refractivity contribution in [2.75, 3.05) is 37.2 Å². The summed E-state index contributed by atoms with van der Waals surface area (Å²) in [5.41, 5.74) is -0.181. The first-order valence-electron chi connectivity index (χ1n) is 13.5. The van der Waals surface area contributed by atoms with Crippen LogP contribution in [0.5, 0.6) is 11.5 Å². The fourth-order valence-corrected chi connectivity index (χ4v) is 5.61. The van der Waals surface area contributed by atoms with Crippen LogP contribution in [0.1, 0.15) is 33.3 Å². The Kier molecular flexibility index (Phi) is 10.2. The molecular weight excluding hydrogens is 607 g/mol. The second-order valence-electron chi connectivity index (χ2n) is 11.1. The molecule has 0 saturated carbocycles. The van der Waals surface area contributed by atoms with Gasteiger partial charge in [-0.15, -0.1) is 0 Å². The number of rotatable bonds is 12. The number of hydrogen-bond donors (Lipinski definition) is 2. The number of carbonyl (C=O) groups excluding carboxylic acids is 3. The zero-order chi connectivity index (χ0) is 33.2. The number of benzene rings is 2. The standard InChI is InChI=1S/C28H36F3N5O7S/c1-18(2)34(15-16-35-25(38)27(3,4)33(5)26(35)39)23(24(37)32-40)17-36(44(6,41)42)20-9-13-22(14-10-20)43-21-11-7-19(8-12-21)28(29,30)31/h7-14,18,23,40H,15-17H2,1-6H3,(H,32,37)/t23-/m0/s1. The van der Waals surface area contributed by atoms with E-state index < -0.39 is 63.8 Å². The van der Waals surface area contributed by atoms with E-state index in [4.69, 9.17) is 4.74 Å². The van der Waals surface area contributed by atoms with Crippen molar-refractivity contribution < 1.29 is 45.9 Å². The molecule has 0 aliphatic carbocycles. The SMILES string of the molecule is CC(C)N(CCN1C(=O)N(C)C(C)(C)C1=O)[C@@H](CN(c1ccc(Oc2ccc(C(F)(F)F)cc2)cc1)S(C)(=O)=O)C(=O)NO. The topological polar surface area (TPSA) is 140 Å². The number of halogens is 3. The summed E-state index contributed by atoms with van der Waals surface area (Å²) in [6, 6.07) is 7.51. The Morgan fingerprint density at radius 2 is 1.57 bits per heavy atom. The largest absolute Gasteiger partial charge is 0.457 e. The summed E-state index contributed by atoms with van der Waals surface area (Å²) in [6.07, 6.45) is -3.56. The molecule has 1 saturated heterocycles. The van der Waals surface area contributed by atoms with Gasteiger partial charge in [0.1, 0.15) is 23.1 Å². The van der Waals surface area contributed by atoms with E-state index in [1.165, 1.54) is 36.2 Å². The summed E-state index contributed by atoms with van der Waals surface area (Å²) in [5, 5.41) is 9.53. The number of anilines is 1. The third-order valence-electron chi connectivity index (χ3n) is 7.46. The van der Waals surface area contributed by atoms with E-state index >= 15 is 0 Å². The summed E-state index contributed by atoms with van der Waals surface area (Å²) in [4.78, 5) is 42.4. The van der Waals surface area contributed by atoms with Crippen LogP contribution in [0.25, 0.3) is 0 Å². The molecule has 16 heteroatoms. The van der Waals surface area contributed by atoms with Crippen LogP contribution in [-0.4, -0.2) is 96.7 Å². The molecule has 1 heterocycles. The number of nitrogens with zero attached hydrogens (tertiary/aromatic N) is 4. The number of nitrogens with one attached hydrogen (secondary N) is 1. The van der Waals surface area contributed by atoms with Crippen LogP contribution in [0.4, 0.5) is 23.7 Å². The van der Waals surface area contributed by atoms with E-state index in [0.717, 1.165) is 39.7 Å². The number of sulfonamides is 1. The molecule has 1 aliphatic heterocycles. The van der Waals surface area contributed by atoms with Gasteiger partial charge in [0, 0.05) is 26.2 Å². The van der Waals surface area contributed by atoms with Gasteiger partial charge in [-0.2, -0.15) is 13.2 Å². The average Bonchev–Trinajstić information content (AvgIpc) is 3.08. The van der Waals surface area contributed by atoms with Gasteiger partial charge in [-0.05, 0) is 76.2 Å². The van der Waals surface area contributed by atoms with Gasteiger partial charge in [-0.25, -0.2) is 18.7 Å². The van der Waals surface area contributed by atoms with E-state index in [-0.39, 0.29) is 30.3 Å². The lowest BCUT2D eigenvalue weighted by Gasteiger charge is -2.37. The smallest absolute Gasteiger partial charge is 0.416 e. The second kappa shape index (κ2) is 13.0. The summed E-state index contributed by atoms with van der Waals surface area (Å²) >= 11 is 0. The summed E-state index contributed by atoms with van der Waals surface area (Å²) < 4.78 is 70.9.